The summed E-state index contributed by atoms with van der Waals surface area (Å²) in [4.78, 5) is 26.3. The highest BCUT2D eigenvalue weighted by molar-refractivity contribution is 7.90. The molecule has 154 valence electrons. The van der Waals surface area contributed by atoms with Gasteiger partial charge in [0.1, 0.15) is 5.75 Å². The molecule has 4 bridgehead atoms. The molecule has 4 saturated carbocycles. The second-order valence-electron chi connectivity index (χ2n) is 8.93. The third-order valence-corrected chi connectivity index (χ3v) is 8.74. The fourth-order valence-electron chi connectivity index (χ4n) is 6.19. The molecule has 0 amide bonds. The average Bonchev–Trinajstić information content (AvgIpc) is 3.08. The maximum atomic E-state index is 13.4. The first-order valence-corrected chi connectivity index (χ1v) is 11.5. The number of methoxy groups -OCH3 is 1. The summed E-state index contributed by atoms with van der Waals surface area (Å²) >= 11 is 0. The van der Waals surface area contributed by atoms with Crippen LogP contribution in [0.1, 0.15) is 43.3 Å². The second-order valence-corrected chi connectivity index (χ2v) is 10.7. The van der Waals surface area contributed by atoms with E-state index in [1.807, 2.05) is 0 Å². The molecule has 4 aliphatic rings. The lowest BCUT2D eigenvalue weighted by Gasteiger charge is -2.55. The minimum Gasteiger partial charge on any atom is -0.497 e. The van der Waals surface area contributed by atoms with E-state index in [0.29, 0.717) is 27.5 Å². The van der Waals surface area contributed by atoms with E-state index in [0.717, 1.165) is 23.8 Å². The van der Waals surface area contributed by atoms with Gasteiger partial charge in [-0.05, 0) is 80.5 Å². The molecule has 0 unspecified atom stereocenters. The molecule has 1 aromatic carbocycles. The van der Waals surface area contributed by atoms with Gasteiger partial charge in [-0.1, -0.05) is 0 Å². The molecule has 6 rings (SSSR count). The van der Waals surface area contributed by atoms with Gasteiger partial charge in [0.25, 0.3) is 10.0 Å². The molecule has 4 aliphatic carbocycles. The molecular formula is C21H24N2O5S. The van der Waals surface area contributed by atoms with Crippen LogP contribution < -0.4 is 10.4 Å². The van der Waals surface area contributed by atoms with Crippen LogP contribution in [0.25, 0.3) is 0 Å². The van der Waals surface area contributed by atoms with Crippen molar-refractivity contribution in [1.82, 2.24) is 8.54 Å². The molecule has 29 heavy (non-hydrogen) atoms. The molecule has 4 fully saturated rings. The van der Waals surface area contributed by atoms with Crippen molar-refractivity contribution in [2.75, 3.05) is 7.11 Å². The molecular weight excluding hydrogens is 392 g/mol. The smallest absolute Gasteiger partial charge is 0.349 e. The number of benzene rings is 1. The molecule has 0 saturated heterocycles. The summed E-state index contributed by atoms with van der Waals surface area (Å²) in [5.41, 5.74) is -1.32. The molecule has 7 nitrogen and oxygen atoms in total. The second kappa shape index (κ2) is 6.32. The summed E-state index contributed by atoms with van der Waals surface area (Å²) in [6.45, 7) is 0. The number of carbonyl (C=O) groups is 1. The number of nitrogens with zero attached hydrogens (tertiary/aromatic N) is 2. The zero-order valence-electron chi connectivity index (χ0n) is 16.3. The average molecular weight is 416 g/mol. The fraction of sp³-hybridized carbons (Fsp3) is 0.524. The van der Waals surface area contributed by atoms with Crippen LogP contribution in [-0.2, 0) is 10.0 Å². The Hall–Kier alpha value is -2.35. The predicted octanol–water partition coefficient (Wildman–Crippen LogP) is 2.75. The summed E-state index contributed by atoms with van der Waals surface area (Å²) in [7, 11) is -2.60. The number of rotatable bonds is 4. The Kier molecular flexibility index (Phi) is 4.07. The van der Waals surface area contributed by atoms with Crippen molar-refractivity contribution in [3.05, 3.63) is 47.1 Å². The molecule has 0 atom stereocenters. The number of hydrogen-bond acceptors (Lipinski definition) is 5. The van der Waals surface area contributed by atoms with E-state index in [9.17, 15) is 18.0 Å². The van der Waals surface area contributed by atoms with Crippen molar-refractivity contribution in [3.8, 4) is 5.75 Å². The number of ether oxygens (including phenoxy) is 1. The fourth-order valence-corrected chi connectivity index (χ4v) is 7.40. The van der Waals surface area contributed by atoms with E-state index < -0.39 is 21.1 Å². The third-order valence-electron chi connectivity index (χ3n) is 7.07. The molecule has 0 spiro atoms. The monoisotopic (exact) mass is 416 g/mol. The van der Waals surface area contributed by atoms with Crippen molar-refractivity contribution in [1.29, 1.82) is 0 Å². The lowest BCUT2D eigenvalue weighted by molar-refractivity contribution is -0.0403. The summed E-state index contributed by atoms with van der Waals surface area (Å²) in [5, 5.41) is 0. The summed E-state index contributed by atoms with van der Waals surface area (Å²) < 4.78 is 32.6. The maximum absolute atomic E-state index is 13.4. The Morgan fingerprint density at radius 1 is 1.00 bits per heavy atom. The van der Waals surface area contributed by atoms with Crippen molar-refractivity contribution >= 4 is 15.9 Å². The Labute approximate surface area is 169 Å². The van der Waals surface area contributed by atoms with Crippen LogP contribution in [0, 0.1) is 23.2 Å². The molecule has 8 heteroatoms. The first-order valence-electron chi connectivity index (χ1n) is 10.1. The molecule has 0 N–H and O–H groups in total. The van der Waals surface area contributed by atoms with Crippen molar-refractivity contribution in [3.63, 3.8) is 0 Å². The number of aromatic nitrogens is 2. The molecule has 1 aromatic heterocycles. The van der Waals surface area contributed by atoms with Gasteiger partial charge in [-0.25, -0.2) is 17.8 Å². The highest BCUT2D eigenvalue weighted by Gasteiger charge is 2.55. The summed E-state index contributed by atoms with van der Waals surface area (Å²) in [5.74, 6) is 1.97. The zero-order chi connectivity index (χ0) is 20.4. The van der Waals surface area contributed by atoms with E-state index in [2.05, 4.69) is 0 Å². The first-order chi connectivity index (χ1) is 13.8. The lowest BCUT2D eigenvalue weighted by atomic mass is 9.49. The topological polar surface area (TPSA) is 87.4 Å². The van der Waals surface area contributed by atoms with Crippen molar-refractivity contribution in [2.24, 2.45) is 23.2 Å². The van der Waals surface area contributed by atoms with Crippen LogP contribution in [0.3, 0.4) is 0 Å². The Bertz CT molecular complexity index is 1090. The normalized spacial score (nSPS) is 30.4. The lowest BCUT2D eigenvalue weighted by Crippen LogP contribution is -2.52. The quantitative estimate of drug-likeness (QED) is 0.765. The zero-order valence-corrected chi connectivity index (χ0v) is 17.1. The van der Waals surface area contributed by atoms with Gasteiger partial charge in [-0.15, -0.1) is 0 Å². The van der Waals surface area contributed by atoms with Gasteiger partial charge in [0.2, 0.25) is 5.91 Å². The highest BCUT2D eigenvalue weighted by Crippen LogP contribution is 2.60. The van der Waals surface area contributed by atoms with Gasteiger partial charge in [-0.2, -0.15) is 3.97 Å². The standard InChI is InChI=1S/C21H24N2O5S/c1-28-17-2-4-18(5-3-17)29(26,27)23-7-6-22(20(23)25)19(24)21-11-14-8-15(12-21)10-16(9-14)13-21/h2-7,14-16H,8-13H2,1H3. The van der Waals surface area contributed by atoms with Crippen LogP contribution in [-0.4, -0.2) is 30.0 Å². The summed E-state index contributed by atoms with van der Waals surface area (Å²) in [6, 6.07) is 5.82. The number of carbonyl (C=O) groups excluding carboxylic acids is 1. The number of hydrogen-bond donors (Lipinski definition) is 0. The van der Waals surface area contributed by atoms with Gasteiger partial charge in [-0.3, -0.25) is 4.79 Å². The van der Waals surface area contributed by atoms with Gasteiger partial charge in [0.15, 0.2) is 0 Å². The van der Waals surface area contributed by atoms with Crippen LogP contribution in [0.5, 0.6) is 5.75 Å². The Morgan fingerprint density at radius 3 is 2.07 bits per heavy atom. The van der Waals surface area contributed by atoms with E-state index in [-0.39, 0.29) is 10.8 Å². The van der Waals surface area contributed by atoms with Crippen LogP contribution in [0.15, 0.2) is 46.3 Å². The van der Waals surface area contributed by atoms with Gasteiger partial charge >= 0.3 is 5.69 Å². The van der Waals surface area contributed by atoms with Gasteiger partial charge in [0.05, 0.1) is 17.4 Å². The van der Waals surface area contributed by atoms with E-state index in [1.165, 1.54) is 63.0 Å². The van der Waals surface area contributed by atoms with E-state index in [4.69, 9.17) is 4.74 Å². The first kappa shape index (κ1) is 18.7. The SMILES string of the molecule is COc1ccc(S(=O)(=O)n2ccn(C(=O)C34CC5CC(CC(C5)C3)C4)c2=O)cc1. The largest absolute Gasteiger partial charge is 0.497 e. The van der Waals surface area contributed by atoms with Crippen LogP contribution in [0.2, 0.25) is 0 Å². The molecule has 0 aliphatic heterocycles. The molecule has 0 radical (unpaired) electrons. The summed E-state index contributed by atoms with van der Waals surface area (Å²) in [6.07, 6.45) is 8.52. The Morgan fingerprint density at radius 2 is 1.55 bits per heavy atom. The predicted molar refractivity (Wildman–Crippen MR) is 106 cm³/mol. The molecule has 2 aromatic rings. The Balaban J connectivity index is 1.50. The molecule has 1 heterocycles. The van der Waals surface area contributed by atoms with Crippen molar-refractivity contribution < 1.29 is 17.9 Å². The van der Waals surface area contributed by atoms with Gasteiger partial charge < -0.3 is 4.74 Å². The maximum Gasteiger partial charge on any atom is 0.349 e. The van der Waals surface area contributed by atoms with E-state index >= 15 is 0 Å². The number of imidazole rings is 1. The van der Waals surface area contributed by atoms with Crippen molar-refractivity contribution in [2.45, 2.75) is 43.4 Å². The minimum absolute atomic E-state index is 0.0274. The van der Waals surface area contributed by atoms with Crippen LogP contribution in [0.4, 0.5) is 0 Å². The van der Waals surface area contributed by atoms with Gasteiger partial charge in [0, 0.05) is 12.4 Å². The minimum atomic E-state index is -4.09. The third kappa shape index (κ3) is 2.79. The highest BCUT2D eigenvalue weighted by atomic mass is 32.2. The van der Waals surface area contributed by atoms with E-state index in [1.54, 1.807) is 0 Å². The van der Waals surface area contributed by atoms with Crippen LogP contribution >= 0.6 is 0 Å².